The van der Waals surface area contributed by atoms with Gasteiger partial charge in [-0.25, -0.2) is 9.97 Å². The molecule has 5 nitrogen and oxygen atoms in total. The highest BCUT2D eigenvalue weighted by Crippen LogP contribution is 2.20. The Kier molecular flexibility index (Phi) is 3.90. The smallest absolute Gasteiger partial charge is 0.225 e. The summed E-state index contributed by atoms with van der Waals surface area (Å²) in [5, 5.41) is 3.36. The van der Waals surface area contributed by atoms with Crippen molar-refractivity contribution in [3.05, 3.63) is 78.2 Å². The Hall–Kier alpha value is -3.21. The van der Waals surface area contributed by atoms with Crippen molar-refractivity contribution in [3.8, 4) is 5.82 Å². The lowest BCUT2D eigenvalue weighted by Crippen LogP contribution is -2.10. The Bertz CT molecular complexity index is 1010. The summed E-state index contributed by atoms with van der Waals surface area (Å²) in [5.74, 6) is 1.40. The molecule has 0 aliphatic rings. The molecule has 1 atom stereocenters. The molecule has 4 rings (SSSR count). The van der Waals surface area contributed by atoms with E-state index < -0.39 is 0 Å². The van der Waals surface area contributed by atoms with E-state index in [0.717, 1.165) is 16.9 Å². The molecule has 1 N–H and O–H groups in total. The minimum atomic E-state index is 0.124. The Balaban J connectivity index is 1.65. The molecule has 25 heavy (non-hydrogen) atoms. The molecule has 0 amide bonds. The number of aromatic nitrogens is 4. The molecule has 0 bridgehead atoms. The largest absolute Gasteiger partial charge is 0.348 e. The van der Waals surface area contributed by atoms with Crippen LogP contribution in [0.5, 0.6) is 0 Å². The van der Waals surface area contributed by atoms with E-state index in [9.17, 15) is 0 Å². The first-order valence-corrected chi connectivity index (χ1v) is 8.29. The first-order chi connectivity index (χ1) is 12.2. The highest BCUT2D eigenvalue weighted by Gasteiger charge is 2.10. The van der Waals surface area contributed by atoms with Crippen LogP contribution >= 0.6 is 0 Å². The molecule has 0 fully saturated rings. The predicted octanol–water partition coefficient (Wildman–Crippen LogP) is 4.30. The van der Waals surface area contributed by atoms with Crippen molar-refractivity contribution in [3.63, 3.8) is 0 Å². The SMILES string of the molecule is Cc1ccc2c(c1)ncn2-c1ccnc(NC(C)c2ccccc2)n1. The van der Waals surface area contributed by atoms with Gasteiger partial charge in [-0.1, -0.05) is 36.4 Å². The molecule has 1 unspecified atom stereocenters. The van der Waals surface area contributed by atoms with E-state index in [-0.39, 0.29) is 6.04 Å². The average molecular weight is 329 g/mol. The van der Waals surface area contributed by atoms with Crippen LogP contribution in [0.1, 0.15) is 24.1 Å². The molecule has 124 valence electrons. The van der Waals surface area contributed by atoms with Gasteiger partial charge in [-0.15, -0.1) is 0 Å². The molecule has 2 aromatic heterocycles. The van der Waals surface area contributed by atoms with E-state index in [1.165, 1.54) is 11.1 Å². The van der Waals surface area contributed by atoms with Gasteiger partial charge in [-0.2, -0.15) is 4.98 Å². The van der Waals surface area contributed by atoms with Gasteiger partial charge in [0.2, 0.25) is 5.95 Å². The number of imidazole rings is 1. The van der Waals surface area contributed by atoms with Crippen LogP contribution in [0, 0.1) is 6.92 Å². The molecule has 2 aromatic carbocycles. The second-order valence-corrected chi connectivity index (χ2v) is 6.12. The zero-order valence-electron chi connectivity index (χ0n) is 14.2. The van der Waals surface area contributed by atoms with Gasteiger partial charge >= 0.3 is 0 Å². The topological polar surface area (TPSA) is 55.6 Å². The average Bonchev–Trinajstić information content (AvgIpc) is 3.05. The molecular weight excluding hydrogens is 310 g/mol. The van der Waals surface area contributed by atoms with E-state index >= 15 is 0 Å². The summed E-state index contributed by atoms with van der Waals surface area (Å²) < 4.78 is 1.98. The summed E-state index contributed by atoms with van der Waals surface area (Å²) in [6.07, 6.45) is 3.57. The van der Waals surface area contributed by atoms with Crippen molar-refractivity contribution in [2.24, 2.45) is 0 Å². The number of aryl methyl sites for hydroxylation is 1. The van der Waals surface area contributed by atoms with Crippen LogP contribution in [0.15, 0.2) is 67.1 Å². The number of anilines is 1. The fourth-order valence-electron chi connectivity index (χ4n) is 2.88. The molecule has 0 spiro atoms. The van der Waals surface area contributed by atoms with Crippen LogP contribution in [0.3, 0.4) is 0 Å². The molecular formula is C20H19N5. The van der Waals surface area contributed by atoms with Gasteiger partial charge in [0, 0.05) is 6.20 Å². The third-order valence-corrected chi connectivity index (χ3v) is 4.24. The van der Waals surface area contributed by atoms with Crippen LogP contribution in [0.2, 0.25) is 0 Å². The lowest BCUT2D eigenvalue weighted by atomic mass is 10.1. The van der Waals surface area contributed by atoms with Crippen molar-refractivity contribution in [1.29, 1.82) is 0 Å². The third kappa shape index (κ3) is 3.08. The highest BCUT2D eigenvalue weighted by molar-refractivity contribution is 5.77. The molecule has 4 aromatic rings. The lowest BCUT2D eigenvalue weighted by Gasteiger charge is -2.14. The summed E-state index contributed by atoms with van der Waals surface area (Å²) in [4.78, 5) is 13.5. The Morgan fingerprint density at radius 3 is 2.68 bits per heavy atom. The summed E-state index contributed by atoms with van der Waals surface area (Å²) in [7, 11) is 0. The van der Waals surface area contributed by atoms with Crippen LogP contribution in [0.4, 0.5) is 5.95 Å². The molecule has 0 saturated heterocycles. The summed E-state index contributed by atoms with van der Waals surface area (Å²) >= 11 is 0. The molecule has 5 heteroatoms. The second-order valence-electron chi connectivity index (χ2n) is 6.12. The van der Waals surface area contributed by atoms with Crippen molar-refractivity contribution < 1.29 is 0 Å². The van der Waals surface area contributed by atoms with Gasteiger partial charge in [0.25, 0.3) is 0 Å². The lowest BCUT2D eigenvalue weighted by molar-refractivity contribution is 0.854. The molecule has 0 aliphatic carbocycles. The number of fused-ring (bicyclic) bond motifs is 1. The van der Waals surface area contributed by atoms with Gasteiger partial charge in [0.15, 0.2) is 0 Å². The maximum Gasteiger partial charge on any atom is 0.225 e. The van der Waals surface area contributed by atoms with Crippen molar-refractivity contribution in [1.82, 2.24) is 19.5 Å². The normalized spacial score (nSPS) is 12.2. The van der Waals surface area contributed by atoms with Crippen LogP contribution in [-0.2, 0) is 0 Å². The van der Waals surface area contributed by atoms with E-state index in [2.05, 4.69) is 64.4 Å². The first-order valence-electron chi connectivity index (χ1n) is 8.29. The van der Waals surface area contributed by atoms with Gasteiger partial charge < -0.3 is 5.32 Å². The number of nitrogens with one attached hydrogen (secondary N) is 1. The van der Waals surface area contributed by atoms with Crippen LogP contribution in [0.25, 0.3) is 16.9 Å². The van der Waals surface area contributed by atoms with Crippen LogP contribution in [-0.4, -0.2) is 19.5 Å². The van der Waals surface area contributed by atoms with Gasteiger partial charge in [-0.3, -0.25) is 4.57 Å². The van der Waals surface area contributed by atoms with Crippen molar-refractivity contribution in [2.45, 2.75) is 19.9 Å². The standard InChI is InChI=1S/C20H19N5/c1-14-8-9-18-17(12-14)22-13-25(18)19-10-11-21-20(24-19)23-15(2)16-6-4-3-5-7-16/h3-13,15H,1-2H3,(H,21,23,24). The van der Waals surface area contributed by atoms with E-state index in [4.69, 9.17) is 0 Å². The van der Waals surface area contributed by atoms with Gasteiger partial charge in [0.05, 0.1) is 17.1 Å². The number of nitrogens with zero attached hydrogens (tertiary/aromatic N) is 4. The van der Waals surface area contributed by atoms with Crippen LogP contribution < -0.4 is 5.32 Å². The maximum atomic E-state index is 4.65. The third-order valence-electron chi connectivity index (χ3n) is 4.24. The molecule has 0 saturated carbocycles. The Morgan fingerprint density at radius 1 is 1.00 bits per heavy atom. The quantitative estimate of drug-likeness (QED) is 0.606. The van der Waals surface area contributed by atoms with Crippen molar-refractivity contribution >= 4 is 17.0 Å². The molecule has 0 aliphatic heterocycles. The minimum absolute atomic E-state index is 0.124. The molecule has 2 heterocycles. The van der Waals surface area contributed by atoms with E-state index in [1.54, 1.807) is 12.5 Å². The first kappa shape index (κ1) is 15.3. The van der Waals surface area contributed by atoms with E-state index in [0.29, 0.717) is 5.95 Å². The monoisotopic (exact) mass is 329 g/mol. The van der Waals surface area contributed by atoms with Gasteiger partial charge in [-0.05, 0) is 43.2 Å². The van der Waals surface area contributed by atoms with Crippen molar-refractivity contribution in [2.75, 3.05) is 5.32 Å². The number of hydrogen-bond donors (Lipinski definition) is 1. The zero-order chi connectivity index (χ0) is 17.2. The van der Waals surface area contributed by atoms with Gasteiger partial charge in [0.1, 0.15) is 12.1 Å². The second kappa shape index (κ2) is 6.36. The number of hydrogen-bond acceptors (Lipinski definition) is 4. The fourth-order valence-corrected chi connectivity index (χ4v) is 2.88. The minimum Gasteiger partial charge on any atom is -0.348 e. The summed E-state index contributed by atoms with van der Waals surface area (Å²) in [6, 6.07) is 18.5. The Morgan fingerprint density at radius 2 is 1.84 bits per heavy atom. The maximum absolute atomic E-state index is 4.65. The summed E-state index contributed by atoms with van der Waals surface area (Å²) in [6.45, 7) is 4.16. The molecule has 0 radical (unpaired) electrons. The number of rotatable bonds is 4. The zero-order valence-corrected chi connectivity index (χ0v) is 14.2. The summed E-state index contributed by atoms with van der Waals surface area (Å²) in [5.41, 5.74) is 4.39. The number of benzene rings is 2. The highest BCUT2D eigenvalue weighted by atomic mass is 15.2. The fraction of sp³-hybridized carbons (Fsp3) is 0.150. The van der Waals surface area contributed by atoms with E-state index in [1.807, 2.05) is 28.8 Å². The Labute approximate surface area is 146 Å². The predicted molar refractivity (Wildman–Crippen MR) is 99.9 cm³/mol.